The second-order valence-corrected chi connectivity index (χ2v) is 3.75. The van der Waals surface area contributed by atoms with Crippen LogP contribution < -0.4 is 0 Å². The van der Waals surface area contributed by atoms with Crippen LogP contribution in [0.1, 0.15) is 5.56 Å². The van der Waals surface area contributed by atoms with Gasteiger partial charge in [0, 0.05) is 0 Å². The molecule has 1 heterocycles. The lowest BCUT2D eigenvalue weighted by atomic mass is 10.1. The number of para-hydroxylation sites is 3. The summed E-state index contributed by atoms with van der Waals surface area (Å²) in [7, 11) is 0. The van der Waals surface area contributed by atoms with Crippen molar-refractivity contribution in [3.05, 3.63) is 55.0 Å². The van der Waals surface area contributed by atoms with Gasteiger partial charge in [0.1, 0.15) is 0 Å². The minimum absolute atomic E-state index is 0.740. The van der Waals surface area contributed by atoms with Crippen molar-refractivity contribution in [2.75, 3.05) is 0 Å². The lowest BCUT2D eigenvalue weighted by Crippen LogP contribution is -1.91. The van der Waals surface area contributed by atoms with Gasteiger partial charge in [0.05, 0.1) is 22.1 Å². The highest BCUT2D eigenvalue weighted by Crippen LogP contribution is 2.19. The van der Waals surface area contributed by atoms with Gasteiger partial charge in [-0.15, -0.1) is 0 Å². The third-order valence-electron chi connectivity index (χ3n) is 2.72. The van der Waals surface area contributed by atoms with Crippen molar-refractivity contribution in [1.29, 1.82) is 0 Å². The molecule has 77 valence electrons. The predicted molar refractivity (Wildman–Crippen MR) is 66.1 cm³/mol. The van der Waals surface area contributed by atoms with Crippen molar-refractivity contribution in [2.24, 2.45) is 0 Å². The fraction of sp³-hybridized carbons (Fsp3) is 0.0714. The highest BCUT2D eigenvalue weighted by molar-refractivity contribution is 5.87. The molecule has 0 aliphatic rings. The van der Waals surface area contributed by atoms with Crippen molar-refractivity contribution in [3.8, 4) is 0 Å². The zero-order valence-corrected chi connectivity index (χ0v) is 8.85. The van der Waals surface area contributed by atoms with Crippen LogP contribution in [-0.2, 0) is 6.42 Å². The first kappa shape index (κ1) is 9.28. The first-order chi connectivity index (χ1) is 7.88. The molecule has 2 aromatic carbocycles. The van der Waals surface area contributed by atoms with E-state index in [1.807, 2.05) is 36.4 Å². The zero-order chi connectivity index (χ0) is 11.0. The molecule has 0 saturated heterocycles. The molecule has 3 rings (SSSR count). The van der Waals surface area contributed by atoms with Crippen molar-refractivity contribution in [3.63, 3.8) is 0 Å². The fourth-order valence-corrected chi connectivity index (χ4v) is 1.90. The first-order valence-electron chi connectivity index (χ1n) is 5.32. The van der Waals surface area contributed by atoms with E-state index in [-0.39, 0.29) is 0 Å². The van der Waals surface area contributed by atoms with Gasteiger partial charge < -0.3 is 0 Å². The van der Waals surface area contributed by atoms with E-state index in [0.29, 0.717) is 0 Å². The molecule has 0 aliphatic heterocycles. The Bertz CT molecular complexity index is 659. The maximum absolute atomic E-state index is 4.65. The van der Waals surface area contributed by atoms with Gasteiger partial charge in [0.25, 0.3) is 0 Å². The van der Waals surface area contributed by atoms with Gasteiger partial charge in [0.2, 0.25) is 0 Å². The van der Waals surface area contributed by atoms with Crippen LogP contribution in [-0.4, -0.2) is 9.97 Å². The molecule has 0 fully saturated rings. The smallest absolute Gasteiger partial charge is 0.0926 e. The van der Waals surface area contributed by atoms with Crippen LogP contribution in [0, 0.1) is 6.92 Å². The van der Waals surface area contributed by atoms with Gasteiger partial charge >= 0.3 is 0 Å². The van der Waals surface area contributed by atoms with Crippen LogP contribution in [0.5, 0.6) is 0 Å². The highest BCUT2D eigenvalue weighted by Gasteiger charge is 2.03. The number of hydrogen-bond acceptors (Lipinski definition) is 2. The summed E-state index contributed by atoms with van der Waals surface area (Å²) in [4.78, 5) is 9.24. The molecule has 0 N–H and O–H groups in total. The molecule has 0 atom stereocenters. The Kier molecular flexibility index (Phi) is 2.07. The lowest BCUT2D eigenvalue weighted by molar-refractivity contribution is 1.26. The van der Waals surface area contributed by atoms with Crippen molar-refractivity contribution >= 4 is 22.1 Å². The van der Waals surface area contributed by atoms with Gasteiger partial charge in [-0.05, 0) is 37.1 Å². The third kappa shape index (κ3) is 1.34. The van der Waals surface area contributed by atoms with E-state index >= 15 is 0 Å². The summed E-state index contributed by atoms with van der Waals surface area (Å²) in [6.45, 7) is 3.92. The monoisotopic (exact) mass is 207 g/mol. The van der Waals surface area contributed by atoms with E-state index in [9.17, 15) is 0 Å². The third-order valence-corrected chi connectivity index (χ3v) is 2.72. The highest BCUT2D eigenvalue weighted by atomic mass is 14.8. The number of fused-ring (bicyclic) bond motifs is 2. The molecule has 0 unspecified atom stereocenters. The number of hydrogen-bond donors (Lipinski definition) is 0. The van der Waals surface area contributed by atoms with Crippen LogP contribution in [0.15, 0.2) is 42.5 Å². The molecule has 0 amide bonds. The second kappa shape index (κ2) is 3.56. The Labute approximate surface area is 94.0 Å². The minimum atomic E-state index is 0.740. The molecular formula is C14H11N2. The summed E-state index contributed by atoms with van der Waals surface area (Å²) >= 11 is 0. The zero-order valence-electron chi connectivity index (χ0n) is 8.85. The van der Waals surface area contributed by atoms with Gasteiger partial charge in [-0.3, -0.25) is 0 Å². The second-order valence-electron chi connectivity index (χ2n) is 3.75. The quantitative estimate of drug-likeness (QED) is 0.573. The maximum Gasteiger partial charge on any atom is 0.0926 e. The van der Waals surface area contributed by atoms with Gasteiger partial charge in [-0.2, -0.15) is 0 Å². The van der Waals surface area contributed by atoms with E-state index in [0.717, 1.165) is 34.1 Å². The Morgan fingerprint density at radius 1 is 0.812 bits per heavy atom. The molecule has 0 spiro atoms. The average molecular weight is 207 g/mol. The molecule has 16 heavy (non-hydrogen) atoms. The van der Waals surface area contributed by atoms with Crippen LogP contribution in [0.4, 0.5) is 0 Å². The standard InChI is InChI=1S/C14H11N2/c1-2-10-6-5-9-13-14(10)16-12-8-4-3-7-11(12)15-13/h3-9H,1-2H2. The van der Waals surface area contributed by atoms with E-state index in [4.69, 9.17) is 0 Å². The lowest BCUT2D eigenvalue weighted by Gasteiger charge is -2.04. The molecule has 0 aliphatic carbocycles. The number of aromatic nitrogens is 2. The van der Waals surface area contributed by atoms with E-state index in [2.05, 4.69) is 23.0 Å². The molecule has 0 saturated carbocycles. The molecule has 2 nitrogen and oxygen atoms in total. The summed E-state index contributed by atoms with van der Waals surface area (Å²) in [6, 6.07) is 14.0. The Morgan fingerprint density at radius 3 is 2.25 bits per heavy atom. The molecular weight excluding hydrogens is 196 g/mol. The van der Waals surface area contributed by atoms with Crippen molar-refractivity contribution in [2.45, 2.75) is 6.42 Å². The van der Waals surface area contributed by atoms with Crippen LogP contribution >= 0.6 is 0 Å². The maximum atomic E-state index is 4.65. The van der Waals surface area contributed by atoms with Crippen molar-refractivity contribution in [1.82, 2.24) is 9.97 Å². The number of benzene rings is 2. The Balaban J connectivity index is 2.46. The Hall–Kier alpha value is -1.96. The molecule has 0 bridgehead atoms. The summed E-state index contributed by atoms with van der Waals surface area (Å²) in [5, 5.41) is 0. The SMILES string of the molecule is [CH2]Cc1cccc2nc3ccccc3nc12. The van der Waals surface area contributed by atoms with Crippen LogP contribution in [0.2, 0.25) is 0 Å². The van der Waals surface area contributed by atoms with E-state index < -0.39 is 0 Å². The largest absolute Gasteiger partial charge is 0.244 e. The average Bonchev–Trinajstić information content (AvgIpc) is 2.35. The molecule has 2 heteroatoms. The topological polar surface area (TPSA) is 25.8 Å². The van der Waals surface area contributed by atoms with Crippen molar-refractivity contribution < 1.29 is 0 Å². The van der Waals surface area contributed by atoms with E-state index in [1.165, 1.54) is 0 Å². The number of nitrogens with zero attached hydrogens (tertiary/aromatic N) is 2. The molecule has 3 aromatic rings. The predicted octanol–water partition coefficient (Wildman–Crippen LogP) is 3.16. The summed E-state index contributed by atoms with van der Waals surface area (Å²) in [5.41, 5.74) is 4.94. The first-order valence-corrected chi connectivity index (χ1v) is 5.32. The summed E-state index contributed by atoms with van der Waals surface area (Å²) < 4.78 is 0. The van der Waals surface area contributed by atoms with Crippen LogP contribution in [0.3, 0.4) is 0 Å². The van der Waals surface area contributed by atoms with Gasteiger partial charge in [0.15, 0.2) is 0 Å². The van der Waals surface area contributed by atoms with Gasteiger partial charge in [-0.1, -0.05) is 24.3 Å². The summed E-state index contributed by atoms with van der Waals surface area (Å²) in [5.74, 6) is 0. The van der Waals surface area contributed by atoms with Crippen LogP contribution in [0.25, 0.3) is 22.1 Å². The molecule has 1 radical (unpaired) electrons. The fourth-order valence-electron chi connectivity index (χ4n) is 1.90. The Morgan fingerprint density at radius 2 is 1.50 bits per heavy atom. The number of rotatable bonds is 1. The van der Waals surface area contributed by atoms with E-state index in [1.54, 1.807) is 0 Å². The normalized spacial score (nSPS) is 11.1. The molecule has 1 aromatic heterocycles. The summed E-state index contributed by atoms with van der Waals surface area (Å²) in [6.07, 6.45) is 0.740. The minimum Gasteiger partial charge on any atom is -0.244 e. The van der Waals surface area contributed by atoms with Gasteiger partial charge in [-0.25, -0.2) is 9.97 Å².